The number of hydrogen-bond acceptors (Lipinski definition) is 7. The molecule has 0 aromatic heterocycles. The van der Waals surface area contributed by atoms with Gasteiger partial charge < -0.3 is 33.6 Å². The van der Waals surface area contributed by atoms with Crippen LogP contribution in [-0.4, -0.2) is 71.3 Å². The third-order valence-electron chi connectivity index (χ3n) is 8.81. The van der Waals surface area contributed by atoms with E-state index in [9.17, 15) is 9.59 Å². The normalized spacial score (nSPS) is 18.8. The molecule has 2 amide bonds. The minimum Gasteiger partial charge on any atom is -0.497 e. The molecule has 0 spiro atoms. The maximum Gasteiger partial charge on any atom is 0.228 e. The van der Waals surface area contributed by atoms with Crippen molar-refractivity contribution in [3.05, 3.63) is 71.3 Å². The van der Waals surface area contributed by atoms with E-state index in [0.29, 0.717) is 48.2 Å². The predicted octanol–water partition coefficient (Wildman–Crippen LogP) is 5.17. The minimum absolute atomic E-state index is 0.0615. The predicted molar refractivity (Wildman–Crippen MR) is 167 cm³/mol. The topological polar surface area (TPSA) is 80.8 Å². The quantitative estimate of drug-likeness (QED) is 0.360. The lowest BCUT2D eigenvalue weighted by Crippen LogP contribution is -2.54. The smallest absolute Gasteiger partial charge is 0.228 e. The van der Waals surface area contributed by atoms with E-state index in [-0.39, 0.29) is 18.2 Å². The molecule has 0 unspecified atom stereocenters. The van der Waals surface area contributed by atoms with E-state index in [1.165, 1.54) is 16.8 Å². The van der Waals surface area contributed by atoms with Crippen LogP contribution in [0.25, 0.3) is 0 Å². The van der Waals surface area contributed by atoms with Crippen molar-refractivity contribution in [1.82, 2.24) is 4.90 Å². The number of piperazine rings is 1. The zero-order valence-corrected chi connectivity index (χ0v) is 25.9. The molecule has 2 saturated heterocycles. The fraction of sp³-hybridized carbons (Fsp3) is 0.412. The van der Waals surface area contributed by atoms with Crippen molar-refractivity contribution < 1.29 is 28.5 Å². The lowest BCUT2D eigenvalue weighted by atomic mass is 9.82. The number of hydrogen-bond donors (Lipinski definition) is 0. The fourth-order valence-electron chi connectivity index (χ4n) is 6.32. The van der Waals surface area contributed by atoms with Crippen molar-refractivity contribution in [3.8, 4) is 23.0 Å². The molecule has 9 nitrogen and oxygen atoms in total. The van der Waals surface area contributed by atoms with Gasteiger partial charge in [0.15, 0.2) is 11.5 Å². The highest BCUT2D eigenvalue weighted by Crippen LogP contribution is 2.46. The van der Waals surface area contributed by atoms with E-state index in [0.717, 1.165) is 18.7 Å². The maximum atomic E-state index is 14.3. The van der Waals surface area contributed by atoms with Crippen LogP contribution in [0.2, 0.25) is 0 Å². The Morgan fingerprint density at radius 3 is 2.05 bits per heavy atom. The summed E-state index contributed by atoms with van der Waals surface area (Å²) in [5.41, 5.74) is 5.19. The number of ether oxygens (including phenoxy) is 4. The van der Waals surface area contributed by atoms with E-state index in [1.54, 1.807) is 45.5 Å². The van der Waals surface area contributed by atoms with Gasteiger partial charge in [-0.1, -0.05) is 24.3 Å². The molecule has 3 aromatic rings. The Kier molecular flexibility index (Phi) is 8.99. The molecule has 2 aliphatic heterocycles. The average Bonchev–Trinajstić information content (AvgIpc) is 3.05. The first-order valence-electron chi connectivity index (χ1n) is 14.7. The summed E-state index contributed by atoms with van der Waals surface area (Å²) in [6.45, 7) is 7.03. The van der Waals surface area contributed by atoms with E-state index < -0.39 is 12.0 Å². The molecule has 2 fully saturated rings. The van der Waals surface area contributed by atoms with Crippen LogP contribution in [0.1, 0.15) is 35.6 Å². The molecule has 0 N–H and O–H groups in total. The Hall–Kier alpha value is -4.40. The second-order valence-electron chi connectivity index (χ2n) is 11.0. The molecule has 0 bridgehead atoms. The van der Waals surface area contributed by atoms with Gasteiger partial charge in [0.1, 0.15) is 5.75 Å². The van der Waals surface area contributed by atoms with Gasteiger partial charge in [0.25, 0.3) is 0 Å². The molecule has 0 radical (unpaired) electrons. The molecule has 2 atom stereocenters. The van der Waals surface area contributed by atoms with E-state index >= 15 is 0 Å². The number of rotatable bonds is 8. The molecule has 3 aromatic carbocycles. The van der Waals surface area contributed by atoms with E-state index in [4.69, 9.17) is 18.9 Å². The standard InChI is InChI=1S/C34H41N3O6/c1-22-8-7-9-28(23(22)2)35-16-18-36(19-17-35)34(39)27-14-15-31(38)37(32(27)24-10-12-26(40-3)13-11-24)25-20-29(41-4)33(43-6)30(21-25)42-5/h7-13,20-21,27,32H,14-19H2,1-6H3/t27-,32-/m0/s1. The number of nitrogens with zero attached hydrogens (tertiary/aromatic N) is 3. The number of anilines is 2. The van der Waals surface area contributed by atoms with Gasteiger partial charge in [0.2, 0.25) is 17.6 Å². The van der Waals surface area contributed by atoms with Crippen LogP contribution in [-0.2, 0) is 9.59 Å². The van der Waals surface area contributed by atoms with Crippen molar-refractivity contribution in [2.75, 3.05) is 64.4 Å². The summed E-state index contributed by atoms with van der Waals surface area (Å²) in [5, 5.41) is 0. The number of carbonyl (C=O) groups excluding carboxylic acids is 2. The summed E-state index contributed by atoms with van der Waals surface area (Å²) in [5.74, 6) is 1.58. The zero-order chi connectivity index (χ0) is 30.7. The molecule has 43 heavy (non-hydrogen) atoms. The number of methoxy groups -OCH3 is 4. The van der Waals surface area contributed by atoms with Crippen molar-refractivity contribution >= 4 is 23.2 Å². The van der Waals surface area contributed by atoms with Crippen LogP contribution >= 0.6 is 0 Å². The molecule has 5 rings (SSSR count). The highest BCUT2D eigenvalue weighted by Gasteiger charge is 2.44. The molecule has 2 aliphatic rings. The summed E-state index contributed by atoms with van der Waals surface area (Å²) < 4.78 is 22.1. The third kappa shape index (κ3) is 5.81. The highest BCUT2D eigenvalue weighted by molar-refractivity contribution is 5.98. The van der Waals surface area contributed by atoms with Gasteiger partial charge in [-0.05, 0) is 55.2 Å². The lowest BCUT2D eigenvalue weighted by Gasteiger charge is -2.44. The number of benzene rings is 3. The van der Waals surface area contributed by atoms with Gasteiger partial charge >= 0.3 is 0 Å². The van der Waals surface area contributed by atoms with E-state index in [1.807, 2.05) is 29.2 Å². The first-order valence-corrected chi connectivity index (χ1v) is 14.7. The average molecular weight is 588 g/mol. The number of amides is 2. The molecule has 0 saturated carbocycles. The van der Waals surface area contributed by atoms with Crippen LogP contribution in [0.15, 0.2) is 54.6 Å². The number of piperidine rings is 1. The molecule has 0 aliphatic carbocycles. The van der Waals surface area contributed by atoms with Crippen molar-refractivity contribution in [1.29, 1.82) is 0 Å². The van der Waals surface area contributed by atoms with Crippen LogP contribution in [0.5, 0.6) is 23.0 Å². The lowest BCUT2D eigenvalue weighted by molar-refractivity contribution is -0.138. The van der Waals surface area contributed by atoms with Gasteiger partial charge in [-0.25, -0.2) is 0 Å². The largest absolute Gasteiger partial charge is 0.497 e. The van der Waals surface area contributed by atoms with Gasteiger partial charge in [-0.15, -0.1) is 0 Å². The molecule has 2 heterocycles. The number of carbonyl (C=O) groups is 2. The second kappa shape index (κ2) is 12.9. The Labute approximate surface area is 253 Å². The second-order valence-corrected chi connectivity index (χ2v) is 11.0. The summed E-state index contributed by atoms with van der Waals surface area (Å²) in [6.07, 6.45) is 0.717. The SMILES string of the molecule is COc1ccc([C@H]2[C@@H](C(=O)N3CCN(c4cccc(C)c4C)CC3)CCC(=O)N2c2cc(OC)c(OC)c(OC)c2)cc1. The maximum absolute atomic E-state index is 14.3. The fourth-order valence-corrected chi connectivity index (χ4v) is 6.32. The van der Waals surface area contributed by atoms with Gasteiger partial charge in [0, 0.05) is 50.4 Å². The first kappa shape index (κ1) is 30.1. The van der Waals surface area contributed by atoms with Crippen molar-refractivity contribution in [3.63, 3.8) is 0 Å². The number of aryl methyl sites for hydroxylation is 1. The molecular formula is C34H41N3O6. The molecule has 9 heteroatoms. The van der Waals surface area contributed by atoms with Gasteiger partial charge in [-0.2, -0.15) is 0 Å². The summed E-state index contributed by atoms with van der Waals surface area (Å²) in [7, 11) is 6.25. The van der Waals surface area contributed by atoms with Crippen molar-refractivity contribution in [2.24, 2.45) is 5.92 Å². The monoisotopic (exact) mass is 587 g/mol. The third-order valence-corrected chi connectivity index (χ3v) is 8.81. The summed E-state index contributed by atoms with van der Waals surface area (Å²) in [4.78, 5) is 34.1. The van der Waals surface area contributed by atoms with E-state index in [2.05, 4.69) is 36.9 Å². The van der Waals surface area contributed by atoms with Crippen molar-refractivity contribution in [2.45, 2.75) is 32.7 Å². The molecular weight excluding hydrogens is 546 g/mol. The molecule has 228 valence electrons. The highest BCUT2D eigenvalue weighted by atomic mass is 16.5. The van der Waals surface area contributed by atoms with Crippen LogP contribution in [0, 0.1) is 19.8 Å². The Morgan fingerprint density at radius 1 is 0.814 bits per heavy atom. The van der Waals surface area contributed by atoms with Crippen LogP contribution in [0.3, 0.4) is 0 Å². The minimum atomic E-state index is -0.528. The Morgan fingerprint density at radius 2 is 1.47 bits per heavy atom. The van der Waals surface area contributed by atoms with Crippen LogP contribution < -0.4 is 28.7 Å². The van der Waals surface area contributed by atoms with Gasteiger partial charge in [0.05, 0.1) is 46.1 Å². The van der Waals surface area contributed by atoms with Gasteiger partial charge in [-0.3, -0.25) is 9.59 Å². The summed E-state index contributed by atoms with van der Waals surface area (Å²) >= 11 is 0. The Balaban J connectivity index is 1.49. The zero-order valence-electron chi connectivity index (χ0n) is 25.9. The Bertz CT molecular complexity index is 1440. The summed E-state index contributed by atoms with van der Waals surface area (Å²) in [6, 6.07) is 17.0. The first-order chi connectivity index (χ1) is 20.8. The van der Waals surface area contributed by atoms with Crippen LogP contribution in [0.4, 0.5) is 11.4 Å².